The SMILES string of the molecule is C=C1C[C@H](CCCO)O[C@H]1CCC1C[C@@H](C)C(=C)[C@H](C[C@@H]2O[C@H](C[C@H]3COC(C)(C)O3)[C@H](OC)C2CS(=O)(=O)c2ccccc2)O1. The second-order valence-electron chi connectivity index (χ2n) is 14.1. The third kappa shape index (κ3) is 8.69. The molecule has 4 aliphatic rings. The van der Waals surface area contributed by atoms with Crippen LogP contribution in [-0.2, 0) is 38.3 Å². The number of ether oxygens (including phenoxy) is 6. The summed E-state index contributed by atoms with van der Waals surface area (Å²) in [6.07, 6.45) is 4.48. The van der Waals surface area contributed by atoms with E-state index in [2.05, 4.69) is 20.1 Å². The second-order valence-corrected chi connectivity index (χ2v) is 16.1. The molecule has 1 N–H and O–H groups in total. The summed E-state index contributed by atoms with van der Waals surface area (Å²) in [5.74, 6) is -0.923. The lowest BCUT2D eigenvalue weighted by Crippen LogP contribution is -2.40. The highest BCUT2D eigenvalue weighted by Gasteiger charge is 2.50. The van der Waals surface area contributed by atoms with E-state index in [4.69, 9.17) is 28.4 Å². The van der Waals surface area contributed by atoms with Crippen molar-refractivity contribution in [1.82, 2.24) is 0 Å². The Morgan fingerprint density at radius 1 is 0.957 bits per heavy atom. The number of methoxy groups -OCH3 is 1. The van der Waals surface area contributed by atoms with Gasteiger partial charge in [-0.15, -0.1) is 0 Å². The van der Waals surface area contributed by atoms with Gasteiger partial charge in [0, 0.05) is 32.5 Å². The molecule has 9 nitrogen and oxygen atoms in total. The maximum atomic E-state index is 13.7. The monoisotopic (exact) mass is 662 g/mol. The van der Waals surface area contributed by atoms with E-state index in [0.717, 1.165) is 49.7 Å². The zero-order valence-electron chi connectivity index (χ0n) is 28.0. The van der Waals surface area contributed by atoms with Crippen LogP contribution in [0.2, 0.25) is 0 Å². The zero-order valence-corrected chi connectivity index (χ0v) is 28.8. The first-order chi connectivity index (χ1) is 21.9. The smallest absolute Gasteiger partial charge is 0.178 e. The lowest BCUT2D eigenvalue weighted by Gasteiger charge is -2.38. The van der Waals surface area contributed by atoms with Crippen molar-refractivity contribution in [3.8, 4) is 0 Å². The molecule has 0 aliphatic carbocycles. The molecule has 10 atom stereocenters. The van der Waals surface area contributed by atoms with Crippen LogP contribution in [0.25, 0.3) is 0 Å². The highest BCUT2D eigenvalue weighted by atomic mass is 32.2. The fraction of sp³-hybridized carbons (Fsp3) is 0.722. The van der Waals surface area contributed by atoms with Crippen molar-refractivity contribution in [2.45, 2.75) is 132 Å². The molecular weight excluding hydrogens is 608 g/mol. The van der Waals surface area contributed by atoms with Gasteiger partial charge < -0.3 is 33.5 Å². The maximum Gasteiger partial charge on any atom is 0.178 e. The summed E-state index contributed by atoms with van der Waals surface area (Å²) in [5, 5.41) is 9.20. The molecule has 1 aromatic carbocycles. The molecule has 0 radical (unpaired) electrons. The number of benzene rings is 1. The lowest BCUT2D eigenvalue weighted by molar-refractivity contribution is -0.144. The predicted molar refractivity (Wildman–Crippen MR) is 175 cm³/mol. The molecule has 0 amide bonds. The topological polar surface area (TPSA) is 110 Å². The highest BCUT2D eigenvalue weighted by Crippen LogP contribution is 2.42. The van der Waals surface area contributed by atoms with Crippen molar-refractivity contribution in [3.05, 3.63) is 54.6 Å². The third-order valence-electron chi connectivity index (χ3n) is 10.2. The number of sulfone groups is 1. The summed E-state index contributed by atoms with van der Waals surface area (Å²) in [7, 11) is -1.99. The Balaban J connectivity index is 1.29. The van der Waals surface area contributed by atoms with E-state index in [1.54, 1.807) is 31.4 Å². The van der Waals surface area contributed by atoms with Gasteiger partial charge in [0.25, 0.3) is 0 Å². The molecular formula is C36H54O9S. The van der Waals surface area contributed by atoms with Crippen LogP contribution in [0.5, 0.6) is 0 Å². The van der Waals surface area contributed by atoms with E-state index in [9.17, 15) is 13.5 Å². The van der Waals surface area contributed by atoms with Crippen LogP contribution < -0.4 is 0 Å². The van der Waals surface area contributed by atoms with Crippen LogP contribution >= 0.6 is 0 Å². The van der Waals surface area contributed by atoms with E-state index in [1.165, 1.54) is 0 Å². The van der Waals surface area contributed by atoms with Gasteiger partial charge in [-0.25, -0.2) is 8.42 Å². The molecule has 0 saturated carbocycles. The van der Waals surface area contributed by atoms with Gasteiger partial charge in [0.2, 0.25) is 0 Å². The molecule has 0 bridgehead atoms. The Bertz CT molecular complexity index is 1280. The van der Waals surface area contributed by atoms with Crippen LogP contribution in [0.3, 0.4) is 0 Å². The normalized spacial score (nSPS) is 36.5. The first-order valence-corrected chi connectivity index (χ1v) is 18.6. The minimum atomic E-state index is -3.61. The molecule has 1 aromatic rings. The second kappa shape index (κ2) is 15.3. The average molecular weight is 663 g/mol. The van der Waals surface area contributed by atoms with Crippen molar-refractivity contribution in [3.63, 3.8) is 0 Å². The average Bonchev–Trinajstić information content (AvgIpc) is 3.66. The first kappa shape index (κ1) is 35.7. The van der Waals surface area contributed by atoms with E-state index in [-0.39, 0.29) is 54.9 Å². The van der Waals surface area contributed by atoms with Crippen molar-refractivity contribution >= 4 is 9.84 Å². The number of hydrogen-bond acceptors (Lipinski definition) is 9. The fourth-order valence-electron chi connectivity index (χ4n) is 7.70. The summed E-state index contributed by atoms with van der Waals surface area (Å²) in [6, 6.07) is 8.58. The number of hydrogen-bond donors (Lipinski definition) is 1. The highest BCUT2D eigenvalue weighted by molar-refractivity contribution is 7.91. The Morgan fingerprint density at radius 2 is 1.70 bits per heavy atom. The summed E-state index contributed by atoms with van der Waals surface area (Å²) in [6.45, 7) is 15.3. The van der Waals surface area contributed by atoms with Gasteiger partial charge in [0.05, 0.1) is 66.1 Å². The number of rotatable bonds is 14. The van der Waals surface area contributed by atoms with Crippen LogP contribution in [0.1, 0.15) is 72.1 Å². The standard InChI is InChI=1S/C36H54O9S/c1-23-17-27(14-15-31-24(2)18-26(42-31)11-10-16-37)43-32(25(23)3)20-33-30(22-46(38,39)29-12-8-7-9-13-29)35(40-6)34(44-33)19-28-21-41-36(4,5)45-28/h7-9,12-13,23,26-28,30-35,37H,2-3,10-11,14-22H2,1,4-6H3/t23-,26+,27?,28+,30?,31+,32+,33+,34-,35-/m1/s1. The zero-order chi connectivity index (χ0) is 33.1. The van der Waals surface area contributed by atoms with E-state index in [0.29, 0.717) is 24.3 Å². The van der Waals surface area contributed by atoms with E-state index < -0.39 is 33.8 Å². The Kier molecular flexibility index (Phi) is 11.9. The first-order valence-electron chi connectivity index (χ1n) is 16.9. The van der Waals surface area contributed by atoms with Crippen LogP contribution in [0, 0.1) is 11.8 Å². The van der Waals surface area contributed by atoms with Crippen molar-refractivity contribution in [1.29, 1.82) is 0 Å². The van der Waals surface area contributed by atoms with Crippen LogP contribution in [0.4, 0.5) is 0 Å². The van der Waals surface area contributed by atoms with E-state index >= 15 is 0 Å². The molecule has 46 heavy (non-hydrogen) atoms. The number of aliphatic hydroxyl groups excluding tert-OH is 1. The third-order valence-corrected chi connectivity index (χ3v) is 12.0. The Hall–Kier alpha value is -1.63. The molecule has 0 aromatic heterocycles. The van der Waals surface area contributed by atoms with Gasteiger partial charge in [-0.05, 0) is 81.6 Å². The van der Waals surface area contributed by atoms with Crippen LogP contribution in [-0.4, -0.2) is 94.2 Å². The molecule has 0 spiro atoms. The summed E-state index contributed by atoms with van der Waals surface area (Å²) in [4.78, 5) is 0.294. The van der Waals surface area contributed by atoms with Gasteiger partial charge in [0.1, 0.15) is 0 Å². The minimum Gasteiger partial charge on any atom is -0.396 e. The summed E-state index contributed by atoms with van der Waals surface area (Å²) < 4.78 is 65.0. The Morgan fingerprint density at radius 3 is 2.37 bits per heavy atom. The van der Waals surface area contributed by atoms with Crippen molar-refractivity contribution < 1.29 is 41.9 Å². The van der Waals surface area contributed by atoms with Gasteiger partial charge in [0.15, 0.2) is 15.6 Å². The summed E-state index contributed by atoms with van der Waals surface area (Å²) in [5.41, 5.74) is 2.13. The fourth-order valence-corrected chi connectivity index (χ4v) is 9.37. The van der Waals surface area contributed by atoms with Crippen molar-refractivity contribution in [2.75, 3.05) is 26.1 Å². The van der Waals surface area contributed by atoms with Crippen molar-refractivity contribution in [2.24, 2.45) is 11.8 Å². The molecule has 10 heteroatoms. The van der Waals surface area contributed by atoms with Gasteiger partial charge in [-0.2, -0.15) is 0 Å². The van der Waals surface area contributed by atoms with E-state index in [1.807, 2.05) is 19.9 Å². The van der Waals surface area contributed by atoms with Crippen LogP contribution in [0.15, 0.2) is 59.5 Å². The molecule has 4 aliphatic heterocycles. The lowest BCUT2D eigenvalue weighted by atomic mass is 9.83. The molecule has 4 heterocycles. The van der Waals surface area contributed by atoms with Gasteiger partial charge in [-0.3, -0.25) is 0 Å². The molecule has 258 valence electrons. The quantitative estimate of drug-likeness (QED) is 0.262. The van der Waals surface area contributed by atoms with Gasteiger partial charge >= 0.3 is 0 Å². The molecule has 4 saturated heterocycles. The molecule has 2 unspecified atom stereocenters. The minimum absolute atomic E-state index is 0.00639. The number of aliphatic hydroxyl groups is 1. The maximum absolute atomic E-state index is 13.7. The summed E-state index contributed by atoms with van der Waals surface area (Å²) >= 11 is 0. The predicted octanol–water partition coefficient (Wildman–Crippen LogP) is 5.41. The largest absolute Gasteiger partial charge is 0.396 e. The molecule has 4 fully saturated rings. The van der Waals surface area contributed by atoms with Gasteiger partial charge in [-0.1, -0.05) is 38.3 Å². The molecule has 5 rings (SSSR count). The Labute approximate surface area is 275 Å².